The number of hydrogen-bond acceptors (Lipinski definition) is 6. The number of nitrogens with two attached hydrogens (primary N) is 1. The number of hydrogen-bond donors (Lipinski definition) is 2. The van der Waals surface area contributed by atoms with Crippen molar-refractivity contribution in [3.8, 4) is 6.01 Å². The maximum absolute atomic E-state index is 6.09. The van der Waals surface area contributed by atoms with Crippen LogP contribution in [0, 0.1) is 0 Å². The molecule has 0 amide bonds. The van der Waals surface area contributed by atoms with Gasteiger partial charge in [-0.15, -0.1) is 0 Å². The molecule has 106 valence electrons. The summed E-state index contributed by atoms with van der Waals surface area (Å²) in [7, 11) is 0. The van der Waals surface area contributed by atoms with E-state index in [9.17, 15) is 0 Å². The van der Waals surface area contributed by atoms with Gasteiger partial charge in [-0.25, -0.2) is 0 Å². The van der Waals surface area contributed by atoms with Crippen LogP contribution < -0.4 is 15.8 Å². The highest BCUT2D eigenvalue weighted by molar-refractivity contribution is 9.10. The van der Waals surface area contributed by atoms with Crippen molar-refractivity contribution >= 4 is 45.1 Å². The summed E-state index contributed by atoms with van der Waals surface area (Å²) in [5.41, 5.74) is 6.29. The first-order valence-corrected chi connectivity index (χ1v) is 7.12. The minimum absolute atomic E-state index is 0.0831. The van der Waals surface area contributed by atoms with Crippen LogP contribution in [0.3, 0.4) is 0 Å². The van der Waals surface area contributed by atoms with Crippen LogP contribution in [0.4, 0.5) is 17.6 Å². The average molecular weight is 359 g/mol. The van der Waals surface area contributed by atoms with Gasteiger partial charge in [0.2, 0.25) is 11.9 Å². The van der Waals surface area contributed by atoms with Crippen LogP contribution in [0.25, 0.3) is 0 Å². The second-order valence-electron chi connectivity index (χ2n) is 3.90. The van der Waals surface area contributed by atoms with Crippen LogP contribution >= 0.6 is 27.5 Å². The van der Waals surface area contributed by atoms with Gasteiger partial charge < -0.3 is 15.8 Å². The summed E-state index contributed by atoms with van der Waals surface area (Å²) in [5.74, 6) is 0.364. The molecule has 0 bridgehead atoms. The molecule has 0 aliphatic rings. The van der Waals surface area contributed by atoms with Crippen molar-refractivity contribution in [2.45, 2.75) is 13.3 Å². The van der Waals surface area contributed by atoms with Crippen molar-refractivity contribution in [3.63, 3.8) is 0 Å². The Hall–Kier alpha value is -1.60. The third-order valence-corrected chi connectivity index (χ3v) is 3.07. The monoisotopic (exact) mass is 357 g/mol. The molecular weight excluding hydrogens is 346 g/mol. The number of anilines is 3. The topological polar surface area (TPSA) is 86.0 Å². The van der Waals surface area contributed by atoms with Gasteiger partial charge in [0.25, 0.3) is 0 Å². The number of aromatic nitrogens is 3. The Morgan fingerprint density at radius 3 is 2.90 bits per heavy atom. The van der Waals surface area contributed by atoms with Crippen molar-refractivity contribution in [2.75, 3.05) is 17.7 Å². The first-order chi connectivity index (χ1) is 9.58. The van der Waals surface area contributed by atoms with Crippen LogP contribution in [0.15, 0.2) is 22.7 Å². The Kier molecular flexibility index (Phi) is 4.97. The van der Waals surface area contributed by atoms with Gasteiger partial charge in [0.15, 0.2) is 0 Å². The Balaban J connectivity index is 2.24. The highest BCUT2D eigenvalue weighted by Gasteiger charge is 2.08. The highest BCUT2D eigenvalue weighted by atomic mass is 79.9. The van der Waals surface area contributed by atoms with Crippen LogP contribution in [0.5, 0.6) is 6.01 Å². The zero-order valence-electron chi connectivity index (χ0n) is 10.7. The number of ether oxygens (including phenoxy) is 1. The Labute approximate surface area is 129 Å². The normalized spacial score (nSPS) is 10.3. The molecule has 0 atom stereocenters. The van der Waals surface area contributed by atoms with E-state index in [2.05, 4.69) is 36.2 Å². The molecule has 2 aromatic rings. The molecule has 0 fully saturated rings. The zero-order valence-corrected chi connectivity index (χ0v) is 13.1. The van der Waals surface area contributed by atoms with Gasteiger partial charge in [-0.3, -0.25) is 0 Å². The molecule has 0 unspecified atom stereocenters. The van der Waals surface area contributed by atoms with E-state index in [1.165, 1.54) is 0 Å². The van der Waals surface area contributed by atoms with Crippen molar-refractivity contribution < 1.29 is 4.74 Å². The molecule has 0 spiro atoms. The lowest BCUT2D eigenvalue weighted by atomic mass is 10.3. The van der Waals surface area contributed by atoms with E-state index in [0.29, 0.717) is 17.3 Å². The number of nitrogens with one attached hydrogen (secondary N) is 1. The van der Waals surface area contributed by atoms with E-state index in [0.717, 1.165) is 10.9 Å². The molecule has 20 heavy (non-hydrogen) atoms. The number of nitrogens with zero attached hydrogens (tertiary/aromatic N) is 3. The number of benzene rings is 1. The van der Waals surface area contributed by atoms with Gasteiger partial charge in [0.05, 0.1) is 17.3 Å². The molecule has 0 saturated carbocycles. The van der Waals surface area contributed by atoms with Gasteiger partial charge in [0, 0.05) is 4.47 Å². The van der Waals surface area contributed by atoms with Crippen molar-refractivity contribution in [2.24, 2.45) is 0 Å². The molecule has 2 rings (SSSR count). The maximum Gasteiger partial charge on any atom is 0.323 e. The van der Waals surface area contributed by atoms with E-state index < -0.39 is 0 Å². The first kappa shape index (κ1) is 14.8. The third kappa shape index (κ3) is 3.94. The molecule has 1 aromatic carbocycles. The van der Waals surface area contributed by atoms with Gasteiger partial charge >= 0.3 is 6.01 Å². The van der Waals surface area contributed by atoms with E-state index in [1.54, 1.807) is 6.07 Å². The van der Waals surface area contributed by atoms with Crippen LogP contribution in [0.1, 0.15) is 13.3 Å². The fraction of sp³-hybridized carbons (Fsp3) is 0.250. The van der Waals surface area contributed by atoms with Gasteiger partial charge in [-0.1, -0.05) is 34.5 Å². The Bertz CT molecular complexity index is 610. The summed E-state index contributed by atoms with van der Waals surface area (Å²) >= 11 is 9.46. The minimum Gasteiger partial charge on any atom is -0.463 e. The lowest BCUT2D eigenvalue weighted by Gasteiger charge is -2.09. The molecule has 0 aliphatic heterocycles. The smallest absolute Gasteiger partial charge is 0.323 e. The minimum atomic E-state index is 0.0831. The van der Waals surface area contributed by atoms with Crippen molar-refractivity contribution in [1.29, 1.82) is 0 Å². The fourth-order valence-electron chi connectivity index (χ4n) is 1.40. The summed E-state index contributed by atoms with van der Waals surface area (Å²) in [5, 5.41) is 3.53. The second kappa shape index (κ2) is 6.71. The van der Waals surface area contributed by atoms with E-state index in [-0.39, 0.29) is 17.9 Å². The van der Waals surface area contributed by atoms with Crippen LogP contribution in [-0.2, 0) is 0 Å². The standard InChI is InChI=1S/C12H13BrClN5O/c1-2-5-20-12-18-10(15)17-11(19-12)16-9-6-7(13)3-4-8(9)14/h3-4,6H,2,5H2,1H3,(H3,15,16,17,18,19). The predicted octanol–water partition coefficient (Wildman–Crippen LogP) is 3.40. The zero-order chi connectivity index (χ0) is 14.5. The molecule has 6 nitrogen and oxygen atoms in total. The second-order valence-corrected chi connectivity index (χ2v) is 5.22. The lowest BCUT2D eigenvalue weighted by molar-refractivity contribution is 0.292. The molecule has 0 aliphatic carbocycles. The summed E-state index contributed by atoms with van der Waals surface area (Å²) in [6.45, 7) is 2.51. The van der Waals surface area contributed by atoms with Crippen LogP contribution in [0.2, 0.25) is 5.02 Å². The van der Waals surface area contributed by atoms with Gasteiger partial charge in [0.1, 0.15) is 0 Å². The molecular formula is C12H13BrClN5O. The highest BCUT2D eigenvalue weighted by Crippen LogP contribution is 2.28. The summed E-state index contributed by atoms with van der Waals surface area (Å²) in [6.07, 6.45) is 0.853. The molecule has 0 radical (unpaired) electrons. The third-order valence-electron chi connectivity index (χ3n) is 2.24. The largest absolute Gasteiger partial charge is 0.463 e. The predicted molar refractivity (Wildman–Crippen MR) is 82.5 cm³/mol. The van der Waals surface area contributed by atoms with Crippen molar-refractivity contribution in [1.82, 2.24) is 15.0 Å². The van der Waals surface area contributed by atoms with Gasteiger partial charge in [-0.2, -0.15) is 15.0 Å². The lowest BCUT2D eigenvalue weighted by Crippen LogP contribution is -2.07. The molecule has 1 heterocycles. The van der Waals surface area contributed by atoms with Crippen molar-refractivity contribution in [3.05, 3.63) is 27.7 Å². The van der Waals surface area contributed by atoms with E-state index >= 15 is 0 Å². The summed E-state index contributed by atoms with van der Waals surface area (Å²) in [6, 6.07) is 5.60. The van der Waals surface area contributed by atoms with Gasteiger partial charge in [-0.05, 0) is 24.6 Å². The quantitative estimate of drug-likeness (QED) is 0.852. The summed E-state index contributed by atoms with van der Waals surface area (Å²) in [4.78, 5) is 12.0. The first-order valence-electron chi connectivity index (χ1n) is 5.95. The molecule has 8 heteroatoms. The maximum atomic E-state index is 6.09. The number of rotatable bonds is 5. The fourth-order valence-corrected chi connectivity index (χ4v) is 1.93. The molecule has 0 saturated heterocycles. The van der Waals surface area contributed by atoms with E-state index in [1.807, 2.05) is 19.1 Å². The van der Waals surface area contributed by atoms with E-state index in [4.69, 9.17) is 22.1 Å². The Morgan fingerprint density at radius 1 is 1.35 bits per heavy atom. The number of nitrogen functional groups attached to an aromatic ring is 1. The molecule has 3 N–H and O–H groups in total. The molecule has 1 aromatic heterocycles. The van der Waals surface area contributed by atoms with Crippen LogP contribution in [-0.4, -0.2) is 21.6 Å². The Morgan fingerprint density at radius 2 is 2.15 bits per heavy atom. The average Bonchev–Trinajstić information content (AvgIpc) is 2.40. The number of halogens is 2. The summed E-state index contributed by atoms with van der Waals surface area (Å²) < 4.78 is 6.23. The SMILES string of the molecule is CCCOc1nc(N)nc(Nc2cc(Br)ccc2Cl)n1.